The molecular weight excluding hydrogens is 421 g/mol. The lowest BCUT2D eigenvalue weighted by molar-refractivity contribution is 0.305. The molecule has 0 bridgehead atoms. The van der Waals surface area contributed by atoms with Gasteiger partial charge in [0.05, 0.1) is 7.11 Å². The van der Waals surface area contributed by atoms with E-state index in [9.17, 15) is 8.78 Å². The average molecular weight is 453 g/mol. The molecular formula is C29H31F3O. The van der Waals surface area contributed by atoms with Crippen LogP contribution in [0.2, 0.25) is 0 Å². The molecule has 0 aromatic heterocycles. The second kappa shape index (κ2) is 10.5. The molecule has 0 unspecified atom stereocenters. The van der Waals surface area contributed by atoms with Crippen LogP contribution < -0.4 is 4.74 Å². The molecule has 174 valence electrons. The first-order valence-corrected chi connectivity index (χ1v) is 11.9. The number of rotatable bonds is 7. The highest BCUT2D eigenvalue weighted by atomic mass is 19.2. The second-order valence-electron chi connectivity index (χ2n) is 9.11. The first-order chi connectivity index (χ1) is 16.0. The van der Waals surface area contributed by atoms with Crippen molar-refractivity contribution in [2.75, 3.05) is 7.11 Å². The van der Waals surface area contributed by atoms with Gasteiger partial charge in [0.25, 0.3) is 0 Å². The van der Waals surface area contributed by atoms with Crippen molar-refractivity contribution in [3.8, 4) is 16.9 Å². The van der Waals surface area contributed by atoms with Gasteiger partial charge in [-0.2, -0.15) is 0 Å². The van der Waals surface area contributed by atoms with E-state index in [1.165, 1.54) is 12.7 Å². The van der Waals surface area contributed by atoms with Crippen LogP contribution in [0.25, 0.3) is 11.1 Å². The number of halogens is 3. The minimum absolute atomic E-state index is 0.0469. The van der Waals surface area contributed by atoms with Gasteiger partial charge in [-0.15, -0.1) is 0 Å². The zero-order valence-corrected chi connectivity index (χ0v) is 19.3. The fourth-order valence-electron chi connectivity index (χ4n) is 5.02. The Morgan fingerprint density at radius 3 is 2.15 bits per heavy atom. The van der Waals surface area contributed by atoms with Crippen LogP contribution in [-0.4, -0.2) is 7.11 Å². The summed E-state index contributed by atoms with van der Waals surface area (Å²) in [5.74, 6) is -0.954. The summed E-state index contributed by atoms with van der Waals surface area (Å²) in [5, 5.41) is 0. The number of hydrogen-bond acceptors (Lipinski definition) is 1. The Balaban J connectivity index is 1.37. The van der Waals surface area contributed by atoms with Gasteiger partial charge in [-0.25, -0.2) is 13.2 Å². The summed E-state index contributed by atoms with van der Waals surface area (Å²) in [5.41, 5.74) is 3.65. The Morgan fingerprint density at radius 1 is 0.818 bits per heavy atom. The molecule has 1 nitrogen and oxygen atoms in total. The third-order valence-electron chi connectivity index (χ3n) is 7.13. The molecule has 0 saturated heterocycles. The molecule has 4 rings (SSSR count). The van der Waals surface area contributed by atoms with E-state index in [1.807, 2.05) is 30.3 Å². The quantitative estimate of drug-likeness (QED) is 0.351. The number of ether oxygens (including phenoxy) is 1. The van der Waals surface area contributed by atoms with Gasteiger partial charge in [-0.1, -0.05) is 49.4 Å². The lowest BCUT2D eigenvalue weighted by atomic mass is 9.76. The smallest absolute Gasteiger partial charge is 0.166 e. The maximum absolute atomic E-state index is 15.0. The minimum atomic E-state index is -0.750. The van der Waals surface area contributed by atoms with Crippen LogP contribution >= 0.6 is 0 Å². The van der Waals surface area contributed by atoms with Crippen LogP contribution in [0.15, 0.2) is 54.6 Å². The molecule has 1 fully saturated rings. The van der Waals surface area contributed by atoms with E-state index in [4.69, 9.17) is 4.74 Å². The first-order valence-electron chi connectivity index (χ1n) is 11.9. The molecule has 3 aromatic rings. The van der Waals surface area contributed by atoms with E-state index in [-0.39, 0.29) is 17.5 Å². The molecule has 0 spiro atoms. The van der Waals surface area contributed by atoms with Gasteiger partial charge in [0.2, 0.25) is 0 Å². The number of aryl methyl sites for hydroxylation is 2. The average Bonchev–Trinajstić information content (AvgIpc) is 2.85. The van der Waals surface area contributed by atoms with Gasteiger partial charge < -0.3 is 4.74 Å². The van der Waals surface area contributed by atoms with Gasteiger partial charge >= 0.3 is 0 Å². The monoisotopic (exact) mass is 452 g/mol. The maximum atomic E-state index is 15.0. The van der Waals surface area contributed by atoms with E-state index < -0.39 is 11.6 Å². The van der Waals surface area contributed by atoms with E-state index >= 15 is 4.39 Å². The third-order valence-corrected chi connectivity index (χ3v) is 7.13. The SMILES string of the molecule is CCc1ccc(-c2ccc(C3CCC(CCc4ccc(OC)c(F)c4)CC3)c(F)c2F)cc1. The van der Waals surface area contributed by atoms with Crippen molar-refractivity contribution in [3.05, 3.63) is 88.7 Å². The number of hydrogen-bond donors (Lipinski definition) is 0. The minimum Gasteiger partial charge on any atom is -0.494 e. The molecule has 4 heteroatoms. The summed E-state index contributed by atoms with van der Waals surface area (Å²) in [6, 6.07) is 16.2. The summed E-state index contributed by atoms with van der Waals surface area (Å²) in [6.07, 6.45) is 6.35. The molecule has 0 radical (unpaired) electrons. The summed E-state index contributed by atoms with van der Waals surface area (Å²) >= 11 is 0. The first kappa shape index (κ1) is 23.4. The fourth-order valence-corrected chi connectivity index (χ4v) is 5.02. The van der Waals surface area contributed by atoms with Crippen molar-refractivity contribution in [3.63, 3.8) is 0 Å². The lowest BCUT2D eigenvalue weighted by Gasteiger charge is -2.29. The van der Waals surface area contributed by atoms with Crippen molar-refractivity contribution in [2.45, 2.75) is 57.8 Å². The Kier molecular flexibility index (Phi) is 7.42. The van der Waals surface area contributed by atoms with Crippen LogP contribution in [-0.2, 0) is 12.8 Å². The summed E-state index contributed by atoms with van der Waals surface area (Å²) < 4.78 is 48.8. The number of methoxy groups -OCH3 is 1. The van der Waals surface area contributed by atoms with Crippen LogP contribution in [0, 0.1) is 23.4 Å². The van der Waals surface area contributed by atoms with Crippen LogP contribution in [0.5, 0.6) is 5.75 Å². The predicted molar refractivity (Wildman–Crippen MR) is 127 cm³/mol. The maximum Gasteiger partial charge on any atom is 0.166 e. The zero-order chi connectivity index (χ0) is 23.4. The highest BCUT2D eigenvalue weighted by Crippen LogP contribution is 2.40. The van der Waals surface area contributed by atoms with Crippen LogP contribution in [0.4, 0.5) is 13.2 Å². The largest absolute Gasteiger partial charge is 0.494 e. The topological polar surface area (TPSA) is 9.23 Å². The highest BCUT2D eigenvalue weighted by Gasteiger charge is 2.26. The molecule has 0 amide bonds. The van der Waals surface area contributed by atoms with E-state index in [0.29, 0.717) is 22.6 Å². The molecule has 1 aliphatic rings. The van der Waals surface area contributed by atoms with Gasteiger partial charge in [0.15, 0.2) is 23.2 Å². The van der Waals surface area contributed by atoms with Crippen molar-refractivity contribution in [2.24, 2.45) is 5.92 Å². The van der Waals surface area contributed by atoms with E-state index in [2.05, 4.69) is 6.92 Å². The van der Waals surface area contributed by atoms with Gasteiger partial charge in [-0.05, 0) is 91.2 Å². The van der Waals surface area contributed by atoms with Crippen molar-refractivity contribution >= 4 is 0 Å². The Morgan fingerprint density at radius 2 is 1.52 bits per heavy atom. The molecule has 1 aliphatic carbocycles. The van der Waals surface area contributed by atoms with Crippen molar-refractivity contribution in [1.29, 1.82) is 0 Å². The summed E-state index contributed by atoms with van der Waals surface area (Å²) in [4.78, 5) is 0. The summed E-state index contributed by atoms with van der Waals surface area (Å²) in [7, 11) is 1.46. The lowest BCUT2D eigenvalue weighted by Crippen LogP contribution is -2.15. The molecule has 0 N–H and O–H groups in total. The van der Waals surface area contributed by atoms with Crippen molar-refractivity contribution < 1.29 is 17.9 Å². The Bertz CT molecular complexity index is 1080. The predicted octanol–water partition coefficient (Wildman–Crippen LogP) is 8.25. The van der Waals surface area contributed by atoms with Crippen molar-refractivity contribution in [1.82, 2.24) is 0 Å². The molecule has 0 aliphatic heterocycles. The van der Waals surface area contributed by atoms with E-state index in [1.54, 1.807) is 24.3 Å². The van der Waals surface area contributed by atoms with Crippen LogP contribution in [0.1, 0.15) is 61.6 Å². The van der Waals surface area contributed by atoms with Gasteiger partial charge in [0, 0.05) is 5.56 Å². The molecule has 3 aromatic carbocycles. The number of benzene rings is 3. The van der Waals surface area contributed by atoms with Crippen LogP contribution in [0.3, 0.4) is 0 Å². The van der Waals surface area contributed by atoms with E-state index in [0.717, 1.165) is 50.5 Å². The molecule has 0 heterocycles. The third kappa shape index (κ3) is 5.26. The standard InChI is InChI=1S/C29H31F3O/c1-3-19-6-11-22(12-7-19)24-15-16-25(29(32)28(24)31)23-13-8-20(9-14-23)4-5-21-10-17-27(33-2)26(30)18-21/h6-7,10-12,15-18,20,23H,3-5,8-9,13-14H2,1-2H3. The Hall–Kier alpha value is -2.75. The fraction of sp³-hybridized carbons (Fsp3) is 0.379. The second-order valence-corrected chi connectivity index (χ2v) is 9.11. The normalized spacial score (nSPS) is 18.3. The van der Waals surface area contributed by atoms with Gasteiger partial charge in [0.1, 0.15) is 0 Å². The highest BCUT2D eigenvalue weighted by molar-refractivity contribution is 5.65. The molecule has 1 saturated carbocycles. The van der Waals surface area contributed by atoms with Gasteiger partial charge in [-0.3, -0.25) is 0 Å². The summed E-state index contributed by atoms with van der Waals surface area (Å²) in [6.45, 7) is 2.07. The molecule has 0 atom stereocenters. The molecule has 33 heavy (non-hydrogen) atoms. The Labute approximate surface area is 194 Å². The zero-order valence-electron chi connectivity index (χ0n) is 19.3.